The van der Waals surface area contributed by atoms with E-state index in [1.807, 2.05) is 25.1 Å². The average molecular weight is 448 g/mol. The van der Waals surface area contributed by atoms with E-state index >= 15 is 0 Å². The van der Waals surface area contributed by atoms with Gasteiger partial charge in [-0.3, -0.25) is 19.4 Å². The molecule has 32 heavy (non-hydrogen) atoms. The smallest absolute Gasteiger partial charge is 0.257 e. The zero-order chi connectivity index (χ0) is 22.7. The molecule has 1 aliphatic rings. The number of pyridine rings is 1. The fraction of sp³-hybridized carbons (Fsp3) is 0.200. The topological polar surface area (TPSA) is 70.6 Å². The number of nitrogens with zero attached hydrogens (tertiary/aromatic N) is 3. The predicted molar refractivity (Wildman–Crippen MR) is 122 cm³/mol. The Morgan fingerprint density at radius 1 is 1.06 bits per heavy atom. The molecule has 0 spiro atoms. The molecule has 0 aliphatic carbocycles. The number of aromatic nitrogens is 1. The number of anilines is 1. The molecule has 2 aromatic carbocycles. The van der Waals surface area contributed by atoms with Crippen molar-refractivity contribution in [2.75, 3.05) is 4.90 Å². The maximum Gasteiger partial charge on any atom is 0.257 e. The van der Waals surface area contributed by atoms with E-state index in [0.29, 0.717) is 10.7 Å². The van der Waals surface area contributed by atoms with Crippen LogP contribution in [0.5, 0.6) is 0 Å². The summed E-state index contributed by atoms with van der Waals surface area (Å²) < 4.78 is 0. The van der Waals surface area contributed by atoms with E-state index in [1.165, 1.54) is 9.80 Å². The van der Waals surface area contributed by atoms with Crippen LogP contribution in [-0.4, -0.2) is 33.6 Å². The first-order chi connectivity index (χ1) is 15.4. The molecule has 0 bridgehead atoms. The molecule has 0 N–H and O–H groups in total. The van der Waals surface area contributed by atoms with E-state index in [4.69, 9.17) is 11.6 Å². The van der Waals surface area contributed by atoms with Crippen molar-refractivity contribution in [2.24, 2.45) is 0 Å². The molecule has 6 nitrogen and oxygen atoms in total. The van der Waals surface area contributed by atoms with Gasteiger partial charge in [-0.05, 0) is 48.4 Å². The Balaban J connectivity index is 1.62. The second-order valence-corrected chi connectivity index (χ2v) is 8.25. The Kier molecular flexibility index (Phi) is 6.32. The Morgan fingerprint density at radius 3 is 2.44 bits per heavy atom. The second kappa shape index (κ2) is 9.32. The van der Waals surface area contributed by atoms with Gasteiger partial charge in [0, 0.05) is 24.0 Å². The number of halogens is 1. The molecule has 1 aromatic heterocycles. The highest BCUT2D eigenvalue weighted by Gasteiger charge is 2.44. The number of benzene rings is 2. The molecule has 0 radical (unpaired) electrons. The minimum absolute atomic E-state index is 0.0562. The SMILES string of the molecule is Cc1ccc(N2C(=O)CC(N(Cc3cccnc3)C(=O)Cc3ccc(Cl)cc3)C2=O)cc1. The van der Waals surface area contributed by atoms with E-state index < -0.39 is 11.9 Å². The third-order valence-corrected chi connectivity index (χ3v) is 5.71. The summed E-state index contributed by atoms with van der Waals surface area (Å²) in [5.41, 5.74) is 3.11. The van der Waals surface area contributed by atoms with Crippen LogP contribution in [0.3, 0.4) is 0 Å². The molecule has 1 atom stereocenters. The summed E-state index contributed by atoms with van der Waals surface area (Å²) in [4.78, 5) is 46.2. The molecule has 1 saturated heterocycles. The first kappa shape index (κ1) is 21.7. The van der Waals surface area contributed by atoms with Crippen LogP contribution in [-0.2, 0) is 27.3 Å². The lowest BCUT2D eigenvalue weighted by molar-refractivity contribution is -0.138. The Labute approximate surface area is 191 Å². The zero-order valence-electron chi connectivity index (χ0n) is 17.6. The van der Waals surface area contributed by atoms with Crippen molar-refractivity contribution < 1.29 is 14.4 Å². The third-order valence-electron chi connectivity index (χ3n) is 5.46. The normalized spacial score (nSPS) is 15.8. The highest BCUT2D eigenvalue weighted by molar-refractivity contribution is 6.30. The van der Waals surface area contributed by atoms with Gasteiger partial charge in [0.05, 0.1) is 18.5 Å². The minimum atomic E-state index is -0.871. The molecule has 0 saturated carbocycles. The van der Waals surface area contributed by atoms with Crippen molar-refractivity contribution in [1.29, 1.82) is 0 Å². The van der Waals surface area contributed by atoms with E-state index in [1.54, 1.807) is 54.9 Å². The lowest BCUT2D eigenvalue weighted by Crippen LogP contribution is -2.45. The van der Waals surface area contributed by atoms with E-state index in [2.05, 4.69) is 4.98 Å². The number of hydrogen-bond acceptors (Lipinski definition) is 4. The van der Waals surface area contributed by atoms with Crippen LogP contribution in [0.2, 0.25) is 5.02 Å². The highest BCUT2D eigenvalue weighted by Crippen LogP contribution is 2.27. The number of hydrogen-bond donors (Lipinski definition) is 0. The van der Waals surface area contributed by atoms with Gasteiger partial charge in [-0.15, -0.1) is 0 Å². The molecular weight excluding hydrogens is 426 g/mol. The van der Waals surface area contributed by atoms with Gasteiger partial charge in [0.15, 0.2) is 0 Å². The maximum atomic E-state index is 13.3. The van der Waals surface area contributed by atoms with Gasteiger partial charge in [0.1, 0.15) is 6.04 Å². The van der Waals surface area contributed by atoms with Gasteiger partial charge in [0.2, 0.25) is 11.8 Å². The lowest BCUT2D eigenvalue weighted by Gasteiger charge is -2.28. The first-order valence-electron chi connectivity index (χ1n) is 10.3. The van der Waals surface area contributed by atoms with Crippen molar-refractivity contribution in [3.8, 4) is 0 Å². The first-order valence-corrected chi connectivity index (χ1v) is 10.7. The average Bonchev–Trinajstić information content (AvgIpc) is 3.08. The van der Waals surface area contributed by atoms with Crippen LogP contribution < -0.4 is 4.90 Å². The number of amides is 3. The van der Waals surface area contributed by atoms with Gasteiger partial charge >= 0.3 is 0 Å². The second-order valence-electron chi connectivity index (χ2n) is 7.81. The summed E-state index contributed by atoms with van der Waals surface area (Å²) in [6.07, 6.45) is 3.34. The summed E-state index contributed by atoms with van der Waals surface area (Å²) in [5.74, 6) is -0.959. The van der Waals surface area contributed by atoms with Gasteiger partial charge in [-0.2, -0.15) is 0 Å². The van der Waals surface area contributed by atoms with Crippen molar-refractivity contribution in [2.45, 2.75) is 32.4 Å². The number of carbonyl (C=O) groups is 3. The minimum Gasteiger partial charge on any atom is -0.325 e. The van der Waals surface area contributed by atoms with Crippen LogP contribution >= 0.6 is 11.6 Å². The molecule has 7 heteroatoms. The molecule has 1 unspecified atom stereocenters. The summed E-state index contributed by atoms with van der Waals surface area (Å²) in [6, 6.07) is 16.9. The van der Waals surface area contributed by atoms with Crippen LogP contribution in [0.1, 0.15) is 23.1 Å². The van der Waals surface area contributed by atoms with E-state index in [9.17, 15) is 14.4 Å². The third kappa shape index (κ3) is 4.70. The number of rotatable bonds is 6. The molecule has 4 rings (SSSR count). The predicted octanol–water partition coefficient (Wildman–Crippen LogP) is 3.95. The fourth-order valence-corrected chi connectivity index (χ4v) is 3.89. The standard InChI is InChI=1S/C25H22ClN3O3/c1-17-4-10-21(11-5-17)29-24(31)14-22(25(29)32)28(16-19-3-2-12-27-15-19)23(30)13-18-6-8-20(26)9-7-18/h2-12,15,22H,13-14,16H2,1H3. The monoisotopic (exact) mass is 447 g/mol. The van der Waals surface area contributed by atoms with Crippen molar-refractivity contribution in [3.63, 3.8) is 0 Å². The number of imide groups is 1. The Bertz CT molecular complexity index is 1130. The Morgan fingerprint density at radius 2 is 1.78 bits per heavy atom. The van der Waals surface area contributed by atoms with E-state index in [0.717, 1.165) is 16.7 Å². The van der Waals surface area contributed by atoms with Crippen molar-refractivity contribution >= 4 is 35.0 Å². The number of carbonyl (C=O) groups excluding carboxylic acids is 3. The molecule has 1 fully saturated rings. The van der Waals surface area contributed by atoms with Crippen LogP contribution in [0.4, 0.5) is 5.69 Å². The fourth-order valence-electron chi connectivity index (χ4n) is 3.76. The largest absolute Gasteiger partial charge is 0.325 e. The molecule has 1 aliphatic heterocycles. The van der Waals surface area contributed by atoms with Gasteiger partial charge in [0.25, 0.3) is 5.91 Å². The molecular formula is C25H22ClN3O3. The molecule has 2 heterocycles. The highest BCUT2D eigenvalue weighted by atomic mass is 35.5. The summed E-state index contributed by atoms with van der Waals surface area (Å²) in [5, 5.41) is 0.582. The van der Waals surface area contributed by atoms with Crippen LogP contribution in [0.15, 0.2) is 73.1 Å². The molecule has 162 valence electrons. The molecule has 3 amide bonds. The lowest BCUT2D eigenvalue weighted by atomic mass is 10.1. The zero-order valence-corrected chi connectivity index (χ0v) is 18.3. The summed E-state index contributed by atoms with van der Waals surface area (Å²) >= 11 is 5.95. The van der Waals surface area contributed by atoms with Gasteiger partial charge in [-0.1, -0.05) is 47.5 Å². The van der Waals surface area contributed by atoms with Crippen LogP contribution in [0, 0.1) is 6.92 Å². The summed E-state index contributed by atoms with van der Waals surface area (Å²) in [6.45, 7) is 2.12. The maximum absolute atomic E-state index is 13.3. The van der Waals surface area contributed by atoms with Gasteiger partial charge < -0.3 is 4.90 Å². The van der Waals surface area contributed by atoms with Gasteiger partial charge in [-0.25, -0.2) is 4.90 Å². The number of aryl methyl sites for hydroxylation is 1. The molecule has 3 aromatic rings. The van der Waals surface area contributed by atoms with Crippen molar-refractivity contribution in [1.82, 2.24) is 9.88 Å². The van der Waals surface area contributed by atoms with Crippen LogP contribution in [0.25, 0.3) is 0 Å². The summed E-state index contributed by atoms with van der Waals surface area (Å²) in [7, 11) is 0. The quantitative estimate of drug-likeness (QED) is 0.536. The van der Waals surface area contributed by atoms with Crippen molar-refractivity contribution in [3.05, 3.63) is 94.8 Å². The van der Waals surface area contributed by atoms with E-state index in [-0.39, 0.29) is 31.2 Å². The Hall–Kier alpha value is -3.51.